The summed E-state index contributed by atoms with van der Waals surface area (Å²) in [5, 5.41) is 10.8. The molecule has 1 atom stereocenters. The van der Waals surface area contributed by atoms with Gasteiger partial charge in [0.1, 0.15) is 23.2 Å². The molecule has 1 N–H and O–H groups in total. The number of benzene rings is 8. The molecule has 0 spiro atoms. The minimum Gasteiger partial charge on any atom is -0.455 e. The smallest absolute Gasteiger partial charge is 0.159 e. The van der Waals surface area contributed by atoms with E-state index < -0.39 is 0 Å². The van der Waals surface area contributed by atoms with Gasteiger partial charge in [-0.15, -0.1) is 11.3 Å². The number of para-hydroxylation sites is 2. The number of aliphatic imine (C=N–C) groups is 2. The molecule has 1 aliphatic heterocycles. The second-order valence-electron chi connectivity index (χ2n) is 16.6. The van der Waals surface area contributed by atoms with Crippen LogP contribution < -0.4 is 5.32 Å². The van der Waals surface area contributed by atoms with Crippen LogP contribution >= 0.6 is 11.3 Å². The maximum atomic E-state index is 6.62. The minimum absolute atomic E-state index is 0.0971. The first-order chi connectivity index (χ1) is 29.5. The molecular formula is C54H36N4OS. The molecule has 3 aromatic heterocycles. The molecular weight excluding hydrogens is 753 g/mol. The van der Waals surface area contributed by atoms with Gasteiger partial charge < -0.3 is 14.3 Å². The van der Waals surface area contributed by atoms with Gasteiger partial charge in [-0.1, -0.05) is 123 Å². The fourth-order valence-electron chi connectivity index (χ4n) is 9.96. The van der Waals surface area contributed by atoms with Crippen LogP contribution in [0, 0.1) is 0 Å². The lowest BCUT2D eigenvalue weighted by Crippen LogP contribution is -2.33. The molecule has 0 amide bonds. The average molecular weight is 789 g/mol. The van der Waals surface area contributed by atoms with Crippen LogP contribution in [0.4, 0.5) is 0 Å². The van der Waals surface area contributed by atoms with Crippen LogP contribution in [0.15, 0.2) is 184 Å². The van der Waals surface area contributed by atoms with Gasteiger partial charge in [-0.2, -0.15) is 0 Å². The van der Waals surface area contributed by atoms with Crippen LogP contribution in [0.1, 0.15) is 47.8 Å². The Balaban J connectivity index is 0.984. The largest absolute Gasteiger partial charge is 0.455 e. The highest BCUT2D eigenvalue weighted by atomic mass is 32.1. The van der Waals surface area contributed by atoms with E-state index in [-0.39, 0.29) is 11.6 Å². The number of amidine groups is 2. The van der Waals surface area contributed by atoms with E-state index in [1.54, 1.807) is 11.3 Å². The Kier molecular flexibility index (Phi) is 6.94. The maximum absolute atomic E-state index is 6.62. The first-order valence-electron chi connectivity index (χ1n) is 20.5. The zero-order chi connectivity index (χ0) is 39.7. The summed E-state index contributed by atoms with van der Waals surface area (Å²) in [4.78, 5) is 10.7. The van der Waals surface area contributed by atoms with Gasteiger partial charge in [0.15, 0.2) is 5.84 Å². The van der Waals surface area contributed by atoms with Crippen molar-refractivity contribution in [2.24, 2.45) is 9.98 Å². The zero-order valence-electron chi connectivity index (χ0n) is 32.9. The molecule has 0 saturated carbocycles. The quantitative estimate of drug-likeness (QED) is 0.193. The third kappa shape index (κ3) is 4.74. The first-order valence-corrected chi connectivity index (χ1v) is 21.3. The number of nitrogens with zero attached hydrogens (tertiary/aromatic N) is 3. The number of aromatic nitrogens is 1. The molecule has 0 bridgehead atoms. The Bertz CT molecular complexity index is 3660. The van der Waals surface area contributed by atoms with Gasteiger partial charge in [0.05, 0.1) is 15.7 Å². The lowest BCUT2D eigenvalue weighted by molar-refractivity contribution is 0.661. The van der Waals surface area contributed by atoms with Crippen molar-refractivity contribution in [2.75, 3.05) is 0 Å². The molecule has 13 rings (SSSR count). The lowest BCUT2D eigenvalue weighted by atomic mass is 9.82. The molecule has 1 aliphatic carbocycles. The third-order valence-electron chi connectivity index (χ3n) is 12.9. The summed E-state index contributed by atoms with van der Waals surface area (Å²) in [5.74, 6) is 1.48. The van der Waals surface area contributed by atoms with E-state index in [4.69, 9.17) is 14.4 Å². The van der Waals surface area contributed by atoms with E-state index in [1.165, 1.54) is 54.1 Å². The second-order valence-corrected chi connectivity index (χ2v) is 17.6. The third-order valence-corrected chi connectivity index (χ3v) is 14.1. The summed E-state index contributed by atoms with van der Waals surface area (Å²) in [6.45, 7) is 4.70. The number of thiophene rings is 1. The van der Waals surface area contributed by atoms with Crippen LogP contribution in [0.2, 0.25) is 0 Å². The predicted molar refractivity (Wildman–Crippen MR) is 250 cm³/mol. The summed E-state index contributed by atoms with van der Waals surface area (Å²) < 4.78 is 11.4. The van der Waals surface area contributed by atoms with Crippen LogP contribution in [-0.2, 0) is 5.41 Å². The Morgan fingerprint density at radius 3 is 2.18 bits per heavy atom. The van der Waals surface area contributed by atoms with Gasteiger partial charge in [-0.3, -0.25) is 0 Å². The molecule has 4 heterocycles. The summed E-state index contributed by atoms with van der Waals surface area (Å²) in [7, 11) is 0. The molecule has 11 aromatic rings. The number of hydrogen-bond acceptors (Lipinski definition) is 5. The highest BCUT2D eigenvalue weighted by Gasteiger charge is 2.36. The second kappa shape index (κ2) is 12.4. The number of hydrogen-bond donors (Lipinski definition) is 1. The van der Waals surface area contributed by atoms with Gasteiger partial charge >= 0.3 is 0 Å². The monoisotopic (exact) mass is 788 g/mol. The van der Waals surface area contributed by atoms with Crippen LogP contribution in [0.3, 0.4) is 0 Å². The highest BCUT2D eigenvalue weighted by molar-refractivity contribution is 7.26. The topological polar surface area (TPSA) is 54.8 Å². The summed E-state index contributed by atoms with van der Waals surface area (Å²) >= 11 is 1.78. The lowest BCUT2D eigenvalue weighted by Gasteiger charge is -2.24. The molecule has 6 heteroatoms. The van der Waals surface area contributed by atoms with Crippen molar-refractivity contribution in [3.8, 4) is 16.8 Å². The fraction of sp³-hybridized carbons (Fsp3) is 0.0741. The maximum Gasteiger partial charge on any atom is 0.159 e. The number of fused-ring (bicyclic) bond motifs is 13. The first kappa shape index (κ1) is 33.7. The van der Waals surface area contributed by atoms with Crippen molar-refractivity contribution >= 4 is 86.9 Å². The Labute approximate surface area is 349 Å². The Morgan fingerprint density at radius 1 is 0.600 bits per heavy atom. The van der Waals surface area contributed by atoms with Crippen molar-refractivity contribution in [1.82, 2.24) is 9.88 Å². The standard InChI is InChI=1S/C54H36N4OS/c1-54(2)42-20-10-6-16-34(42)38-28-39-35-17-7-11-21-44(35)58(45(39)30-43(38)54)33-26-24-32(25-27-33)52-55-51(31-14-4-3-5-15-31)56-53(57-52)41-29-40-36-18-8-12-22-46(36)59-49(40)48-37-19-9-13-23-47(37)60-50(41)48/h3-30,51H,1-2H3,(H,55,56,57). The molecule has 0 fully saturated rings. The minimum atomic E-state index is -0.332. The van der Waals surface area contributed by atoms with Crippen LogP contribution in [0.25, 0.3) is 80.7 Å². The van der Waals surface area contributed by atoms with Gasteiger partial charge in [0.25, 0.3) is 0 Å². The van der Waals surface area contributed by atoms with Gasteiger partial charge in [-0.25, -0.2) is 9.98 Å². The molecule has 0 saturated heterocycles. The fourth-order valence-corrected chi connectivity index (χ4v) is 11.2. The number of nitrogens with one attached hydrogen (secondary N) is 1. The predicted octanol–water partition coefficient (Wildman–Crippen LogP) is 13.9. The summed E-state index contributed by atoms with van der Waals surface area (Å²) in [6, 6.07) is 60.9. The van der Waals surface area contributed by atoms with E-state index in [0.717, 1.165) is 60.2 Å². The van der Waals surface area contributed by atoms with E-state index in [2.05, 4.69) is 181 Å². The SMILES string of the molecule is CC1(C)c2ccccc2-c2cc3c4ccccc4n(-c4ccc(C5=NC(c6ccccc6)NC(c6cc7c8ccccc8oc7c7c6sc6ccccc67)=N5)cc4)c3cc21. The molecule has 284 valence electrons. The van der Waals surface area contributed by atoms with Gasteiger partial charge in [0.2, 0.25) is 0 Å². The van der Waals surface area contributed by atoms with Crippen molar-refractivity contribution in [2.45, 2.75) is 25.4 Å². The van der Waals surface area contributed by atoms with Gasteiger partial charge in [0, 0.05) is 59.2 Å². The zero-order valence-corrected chi connectivity index (χ0v) is 33.7. The van der Waals surface area contributed by atoms with E-state index >= 15 is 0 Å². The van der Waals surface area contributed by atoms with Crippen LogP contribution in [-0.4, -0.2) is 16.2 Å². The van der Waals surface area contributed by atoms with E-state index in [1.807, 2.05) is 12.1 Å². The molecule has 2 aliphatic rings. The molecule has 5 nitrogen and oxygen atoms in total. The van der Waals surface area contributed by atoms with E-state index in [9.17, 15) is 0 Å². The molecule has 60 heavy (non-hydrogen) atoms. The van der Waals surface area contributed by atoms with Crippen molar-refractivity contribution in [1.29, 1.82) is 0 Å². The molecule has 0 radical (unpaired) electrons. The Hall–Kier alpha value is -7.28. The van der Waals surface area contributed by atoms with Crippen LogP contribution in [0.5, 0.6) is 0 Å². The van der Waals surface area contributed by atoms with E-state index in [0.29, 0.717) is 5.84 Å². The molecule has 1 unspecified atom stereocenters. The number of furan rings is 1. The highest BCUT2D eigenvalue weighted by Crippen LogP contribution is 2.51. The summed E-state index contributed by atoms with van der Waals surface area (Å²) in [6.07, 6.45) is -0.332. The number of rotatable bonds is 4. The van der Waals surface area contributed by atoms with Crippen molar-refractivity contribution in [3.05, 3.63) is 198 Å². The Morgan fingerprint density at radius 2 is 1.32 bits per heavy atom. The average Bonchev–Trinajstić information content (AvgIpc) is 4.02. The van der Waals surface area contributed by atoms with Gasteiger partial charge in [-0.05, 0) is 88.5 Å². The molecule has 8 aromatic carbocycles. The van der Waals surface area contributed by atoms with Crippen molar-refractivity contribution < 1.29 is 4.42 Å². The van der Waals surface area contributed by atoms with Crippen molar-refractivity contribution in [3.63, 3.8) is 0 Å². The summed E-state index contributed by atoms with van der Waals surface area (Å²) in [5.41, 5.74) is 13.7. The normalized spacial score (nSPS) is 15.8.